The van der Waals surface area contributed by atoms with Crippen LogP contribution in [0.4, 0.5) is 13.2 Å². The monoisotopic (exact) mass is 460 g/mol. The molecule has 1 aliphatic rings. The number of aromatic nitrogens is 1. The van der Waals surface area contributed by atoms with E-state index in [0.29, 0.717) is 18.4 Å². The summed E-state index contributed by atoms with van der Waals surface area (Å²) in [4.78, 5) is 24.5. The normalized spacial score (nSPS) is 13.7. The number of hydrogen-bond donors (Lipinski definition) is 1. The lowest BCUT2D eigenvalue weighted by atomic mass is 10.1. The highest BCUT2D eigenvalue weighted by molar-refractivity contribution is 5.85. The fraction of sp³-hybridized carbons (Fsp3) is 0.333. The van der Waals surface area contributed by atoms with Gasteiger partial charge in [-0.1, -0.05) is 18.2 Å². The SMILES string of the molecule is O=C(COc1ccc2c(C(F)(F)F)cc(=O)n(CC3CC3)c2c1)NCCOc1ccccc1. The third-order valence-electron chi connectivity index (χ3n) is 5.33. The summed E-state index contributed by atoms with van der Waals surface area (Å²) in [5, 5.41) is 2.58. The molecule has 1 N–H and O–H groups in total. The van der Waals surface area contributed by atoms with Crippen molar-refractivity contribution in [3.05, 3.63) is 70.5 Å². The van der Waals surface area contributed by atoms with Crippen LogP contribution in [0.5, 0.6) is 11.5 Å². The molecule has 33 heavy (non-hydrogen) atoms. The molecule has 9 heteroatoms. The molecule has 0 spiro atoms. The summed E-state index contributed by atoms with van der Waals surface area (Å²) in [5.74, 6) is 0.790. The molecule has 0 atom stereocenters. The third kappa shape index (κ3) is 5.85. The number of alkyl halides is 3. The zero-order valence-electron chi connectivity index (χ0n) is 17.7. The number of halogens is 3. The third-order valence-corrected chi connectivity index (χ3v) is 5.33. The Balaban J connectivity index is 1.42. The summed E-state index contributed by atoms with van der Waals surface area (Å²) in [6.07, 6.45) is -2.77. The van der Waals surface area contributed by atoms with Crippen molar-refractivity contribution in [2.75, 3.05) is 19.8 Å². The van der Waals surface area contributed by atoms with Crippen molar-refractivity contribution in [2.24, 2.45) is 5.92 Å². The molecule has 4 rings (SSSR count). The predicted molar refractivity (Wildman–Crippen MR) is 116 cm³/mol. The maximum Gasteiger partial charge on any atom is 0.417 e. The van der Waals surface area contributed by atoms with Gasteiger partial charge in [-0.25, -0.2) is 0 Å². The van der Waals surface area contributed by atoms with Crippen LogP contribution in [0, 0.1) is 5.92 Å². The van der Waals surface area contributed by atoms with Crippen LogP contribution in [0.2, 0.25) is 0 Å². The van der Waals surface area contributed by atoms with E-state index in [1.54, 1.807) is 12.1 Å². The summed E-state index contributed by atoms with van der Waals surface area (Å²) in [5.41, 5.74) is -1.52. The average Bonchev–Trinajstić information content (AvgIpc) is 3.61. The number of carbonyl (C=O) groups is 1. The van der Waals surface area contributed by atoms with Crippen LogP contribution in [-0.4, -0.2) is 30.2 Å². The molecule has 3 aromatic rings. The number of benzene rings is 2. The first-order chi connectivity index (χ1) is 15.8. The van der Waals surface area contributed by atoms with E-state index >= 15 is 0 Å². The van der Waals surface area contributed by atoms with Gasteiger partial charge in [0.2, 0.25) is 0 Å². The van der Waals surface area contributed by atoms with Gasteiger partial charge in [0.15, 0.2) is 6.61 Å². The summed E-state index contributed by atoms with van der Waals surface area (Å²) >= 11 is 0. The number of nitrogens with zero attached hydrogens (tertiary/aromatic N) is 1. The molecule has 1 amide bonds. The van der Waals surface area contributed by atoms with Crippen molar-refractivity contribution in [1.29, 1.82) is 0 Å². The molecule has 174 valence electrons. The molecule has 1 saturated carbocycles. The number of amides is 1. The van der Waals surface area contributed by atoms with E-state index in [9.17, 15) is 22.8 Å². The maximum atomic E-state index is 13.5. The van der Waals surface area contributed by atoms with Gasteiger partial charge in [-0.2, -0.15) is 13.2 Å². The highest BCUT2D eigenvalue weighted by atomic mass is 19.4. The van der Waals surface area contributed by atoms with Crippen molar-refractivity contribution >= 4 is 16.8 Å². The zero-order valence-corrected chi connectivity index (χ0v) is 17.7. The standard InChI is InChI=1S/C24H23F3N2O4/c25-24(26,27)20-13-23(31)29(14-16-6-7-16)21-12-18(8-9-19(20)21)33-15-22(30)28-10-11-32-17-4-2-1-3-5-17/h1-5,8-9,12-13,16H,6-7,10-11,14-15H2,(H,28,30). The Kier molecular flexibility index (Phi) is 6.57. The number of pyridine rings is 1. The average molecular weight is 460 g/mol. The Bertz CT molecular complexity index is 1190. The van der Waals surface area contributed by atoms with E-state index < -0.39 is 23.2 Å². The number of para-hydroxylation sites is 1. The van der Waals surface area contributed by atoms with Gasteiger partial charge < -0.3 is 19.4 Å². The molecule has 1 heterocycles. The van der Waals surface area contributed by atoms with E-state index in [1.165, 1.54) is 22.8 Å². The minimum atomic E-state index is -4.65. The number of fused-ring (bicyclic) bond motifs is 1. The molecule has 0 unspecified atom stereocenters. The Morgan fingerprint density at radius 3 is 2.48 bits per heavy atom. The number of hydrogen-bond acceptors (Lipinski definition) is 4. The Hall–Kier alpha value is -3.49. The first-order valence-electron chi connectivity index (χ1n) is 10.6. The lowest BCUT2D eigenvalue weighted by Gasteiger charge is -2.16. The van der Waals surface area contributed by atoms with Crippen LogP contribution in [0.15, 0.2) is 59.4 Å². The molecular formula is C24H23F3N2O4. The minimum absolute atomic E-state index is 0.0717. The highest BCUT2D eigenvalue weighted by Crippen LogP contribution is 2.36. The first kappa shape index (κ1) is 22.7. The molecule has 1 fully saturated rings. The molecule has 0 radical (unpaired) electrons. The van der Waals surface area contributed by atoms with Crippen molar-refractivity contribution in [1.82, 2.24) is 9.88 Å². The van der Waals surface area contributed by atoms with E-state index in [-0.39, 0.29) is 42.3 Å². The largest absolute Gasteiger partial charge is 0.492 e. The fourth-order valence-electron chi connectivity index (χ4n) is 3.51. The number of nitrogens with one attached hydrogen (secondary N) is 1. The van der Waals surface area contributed by atoms with Crippen molar-refractivity contribution < 1.29 is 27.4 Å². The predicted octanol–water partition coefficient (Wildman–Crippen LogP) is 4.00. The Morgan fingerprint density at radius 2 is 1.79 bits per heavy atom. The van der Waals surface area contributed by atoms with Crippen LogP contribution >= 0.6 is 0 Å². The van der Waals surface area contributed by atoms with Gasteiger partial charge in [-0.05, 0) is 43.0 Å². The minimum Gasteiger partial charge on any atom is -0.492 e. The summed E-state index contributed by atoms with van der Waals surface area (Å²) < 4.78 is 52.7. The van der Waals surface area contributed by atoms with Gasteiger partial charge in [0.05, 0.1) is 17.6 Å². The summed E-state index contributed by atoms with van der Waals surface area (Å²) in [6, 6.07) is 13.8. The fourth-order valence-corrected chi connectivity index (χ4v) is 3.51. The number of ether oxygens (including phenoxy) is 2. The lowest BCUT2D eigenvalue weighted by molar-refractivity contribution is -0.136. The Labute approximate surface area is 187 Å². The van der Waals surface area contributed by atoms with Gasteiger partial charge in [-0.15, -0.1) is 0 Å². The van der Waals surface area contributed by atoms with Crippen molar-refractivity contribution in [3.8, 4) is 11.5 Å². The zero-order chi connectivity index (χ0) is 23.4. The smallest absolute Gasteiger partial charge is 0.417 e. The number of carbonyl (C=O) groups excluding carboxylic acids is 1. The topological polar surface area (TPSA) is 69.6 Å². The molecule has 0 bridgehead atoms. The van der Waals surface area contributed by atoms with E-state index in [0.717, 1.165) is 12.8 Å². The first-order valence-corrected chi connectivity index (χ1v) is 10.6. The molecule has 1 aromatic heterocycles. The second-order valence-electron chi connectivity index (χ2n) is 7.93. The second kappa shape index (κ2) is 9.56. The van der Waals surface area contributed by atoms with Crippen LogP contribution in [0.1, 0.15) is 18.4 Å². The van der Waals surface area contributed by atoms with E-state index in [4.69, 9.17) is 9.47 Å². The van der Waals surface area contributed by atoms with Gasteiger partial charge in [0, 0.05) is 24.1 Å². The maximum absolute atomic E-state index is 13.5. The van der Waals surface area contributed by atoms with Crippen LogP contribution in [0.25, 0.3) is 10.9 Å². The lowest BCUT2D eigenvalue weighted by Crippen LogP contribution is -2.32. The number of rotatable bonds is 9. The molecular weight excluding hydrogens is 437 g/mol. The molecule has 6 nitrogen and oxygen atoms in total. The molecule has 1 aliphatic carbocycles. The Morgan fingerprint density at radius 1 is 1.03 bits per heavy atom. The summed E-state index contributed by atoms with van der Waals surface area (Å²) in [7, 11) is 0. The van der Waals surface area contributed by atoms with Gasteiger partial charge in [0.25, 0.3) is 11.5 Å². The van der Waals surface area contributed by atoms with Gasteiger partial charge >= 0.3 is 6.18 Å². The highest BCUT2D eigenvalue weighted by Gasteiger charge is 2.34. The van der Waals surface area contributed by atoms with E-state index in [2.05, 4.69) is 5.32 Å². The van der Waals surface area contributed by atoms with Crippen LogP contribution in [-0.2, 0) is 17.5 Å². The van der Waals surface area contributed by atoms with Crippen LogP contribution < -0.4 is 20.3 Å². The molecule has 0 aliphatic heterocycles. The van der Waals surface area contributed by atoms with Crippen LogP contribution in [0.3, 0.4) is 0 Å². The summed E-state index contributed by atoms with van der Waals surface area (Å²) in [6.45, 7) is 0.589. The van der Waals surface area contributed by atoms with Crippen molar-refractivity contribution in [2.45, 2.75) is 25.6 Å². The quantitative estimate of drug-likeness (QED) is 0.490. The molecule has 2 aromatic carbocycles. The van der Waals surface area contributed by atoms with Crippen molar-refractivity contribution in [3.63, 3.8) is 0 Å². The van der Waals surface area contributed by atoms with Gasteiger partial charge in [0.1, 0.15) is 18.1 Å². The van der Waals surface area contributed by atoms with Gasteiger partial charge in [-0.3, -0.25) is 9.59 Å². The molecule has 0 saturated heterocycles. The van der Waals surface area contributed by atoms with E-state index in [1.807, 2.05) is 18.2 Å². The second-order valence-corrected chi connectivity index (χ2v) is 7.93.